The maximum Gasteiger partial charge on any atom is 0.318 e. The van der Waals surface area contributed by atoms with Crippen molar-refractivity contribution < 1.29 is 4.79 Å². The number of carbonyl (C=O) groups is 1. The number of aromatic nitrogens is 4. The molecule has 0 aromatic carbocycles. The van der Waals surface area contributed by atoms with E-state index < -0.39 is 0 Å². The molecule has 0 radical (unpaired) electrons. The summed E-state index contributed by atoms with van der Waals surface area (Å²) in [6, 6.07) is -0.230. The van der Waals surface area contributed by atoms with E-state index in [1.165, 1.54) is 0 Å². The smallest absolute Gasteiger partial charge is 0.318 e. The zero-order valence-electron chi connectivity index (χ0n) is 12.6. The number of nitrogens with one attached hydrogen (secondary N) is 1. The van der Waals surface area contributed by atoms with Gasteiger partial charge >= 0.3 is 6.03 Å². The molecule has 2 aromatic heterocycles. The largest absolute Gasteiger partial charge is 0.345 e. The normalized spacial score (nSPS) is 16.6. The van der Waals surface area contributed by atoms with E-state index in [4.69, 9.17) is 0 Å². The number of anilines is 1. The number of carbonyl (C=O) groups excluding carboxylic acids is 1. The van der Waals surface area contributed by atoms with E-state index in [-0.39, 0.29) is 12.1 Å². The fourth-order valence-corrected chi connectivity index (χ4v) is 3.19. The quantitative estimate of drug-likeness (QED) is 0.907. The second-order valence-corrected chi connectivity index (χ2v) is 6.13. The molecule has 2 amide bonds. The van der Waals surface area contributed by atoms with E-state index in [2.05, 4.69) is 25.4 Å². The van der Waals surface area contributed by atoms with Crippen molar-refractivity contribution in [3.05, 3.63) is 23.7 Å². The zero-order chi connectivity index (χ0) is 15.5. The third-order valence-electron chi connectivity index (χ3n) is 3.73. The van der Waals surface area contributed by atoms with Crippen LogP contribution in [0, 0.1) is 0 Å². The Labute approximate surface area is 132 Å². The lowest BCUT2D eigenvalue weighted by Crippen LogP contribution is -2.52. The van der Waals surface area contributed by atoms with E-state index in [9.17, 15) is 4.79 Å². The molecule has 0 spiro atoms. The van der Waals surface area contributed by atoms with Gasteiger partial charge in [0.15, 0.2) is 11.0 Å². The minimum Gasteiger partial charge on any atom is -0.345 e. The van der Waals surface area contributed by atoms with Crippen LogP contribution in [0.1, 0.15) is 18.8 Å². The topological polar surface area (TPSA) is 79.2 Å². The molecule has 1 saturated heterocycles. The molecule has 1 atom stereocenters. The first-order valence-corrected chi connectivity index (χ1v) is 8.07. The van der Waals surface area contributed by atoms with Crippen LogP contribution in [-0.4, -0.2) is 56.9 Å². The highest BCUT2D eigenvalue weighted by Crippen LogP contribution is 2.19. The number of aryl methyl sites for hydroxylation is 1. The molecule has 1 fully saturated rings. The van der Waals surface area contributed by atoms with Crippen molar-refractivity contribution in [3.63, 3.8) is 0 Å². The van der Waals surface area contributed by atoms with Gasteiger partial charge < -0.3 is 19.7 Å². The van der Waals surface area contributed by atoms with E-state index in [1.54, 1.807) is 17.7 Å². The molecular formula is C13H19N7OS. The van der Waals surface area contributed by atoms with Gasteiger partial charge in [-0.3, -0.25) is 0 Å². The molecule has 0 aliphatic carbocycles. The van der Waals surface area contributed by atoms with Crippen LogP contribution in [0.15, 0.2) is 17.9 Å². The number of piperazine rings is 1. The number of amides is 2. The maximum absolute atomic E-state index is 12.3. The lowest BCUT2D eigenvalue weighted by Gasteiger charge is -2.35. The van der Waals surface area contributed by atoms with Gasteiger partial charge in [0.1, 0.15) is 6.33 Å². The van der Waals surface area contributed by atoms with Crippen LogP contribution in [0.5, 0.6) is 0 Å². The SMILES string of the molecule is C[C@H](NC(=O)N1CCN(c2nccs2)CC1)c1nncn1C. The molecule has 3 rings (SSSR count). The van der Waals surface area contributed by atoms with Gasteiger partial charge in [-0.05, 0) is 6.92 Å². The standard InChI is InChI=1S/C13H19N7OS/c1-10(11-17-15-9-18(11)2)16-12(21)19-4-6-20(7-5-19)13-14-3-8-22-13/h3,8-10H,4-7H2,1-2H3,(H,16,21)/t10-/m0/s1. The molecule has 1 aliphatic heterocycles. The van der Waals surface area contributed by atoms with Crippen LogP contribution < -0.4 is 10.2 Å². The summed E-state index contributed by atoms with van der Waals surface area (Å²) in [5.74, 6) is 0.745. The Balaban J connectivity index is 1.53. The van der Waals surface area contributed by atoms with Crippen LogP contribution in [0.3, 0.4) is 0 Å². The van der Waals surface area contributed by atoms with Crippen LogP contribution in [0.25, 0.3) is 0 Å². The lowest BCUT2D eigenvalue weighted by atomic mass is 10.3. The zero-order valence-corrected chi connectivity index (χ0v) is 13.5. The highest BCUT2D eigenvalue weighted by Gasteiger charge is 2.24. The average molecular weight is 321 g/mol. The van der Waals surface area contributed by atoms with E-state index >= 15 is 0 Å². The van der Waals surface area contributed by atoms with Gasteiger partial charge in [0.25, 0.3) is 0 Å². The second kappa shape index (κ2) is 6.30. The van der Waals surface area contributed by atoms with Crippen molar-refractivity contribution in [3.8, 4) is 0 Å². The van der Waals surface area contributed by atoms with E-state index in [1.807, 2.05) is 35.0 Å². The highest BCUT2D eigenvalue weighted by molar-refractivity contribution is 7.13. The Kier molecular flexibility index (Phi) is 4.23. The summed E-state index contributed by atoms with van der Waals surface area (Å²) >= 11 is 1.63. The fourth-order valence-electron chi connectivity index (χ4n) is 2.50. The molecule has 22 heavy (non-hydrogen) atoms. The van der Waals surface area contributed by atoms with E-state index in [0.29, 0.717) is 13.1 Å². The Morgan fingerprint density at radius 1 is 1.36 bits per heavy atom. The molecule has 1 aliphatic rings. The molecule has 0 saturated carbocycles. The van der Waals surface area contributed by atoms with E-state index in [0.717, 1.165) is 24.0 Å². The van der Waals surface area contributed by atoms with Crippen molar-refractivity contribution in [2.75, 3.05) is 31.1 Å². The second-order valence-electron chi connectivity index (χ2n) is 5.26. The first kappa shape index (κ1) is 14.8. The van der Waals surface area contributed by atoms with Crippen LogP contribution in [-0.2, 0) is 7.05 Å². The Bertz CT molecular complexity index is 618. The highest BCUT2D eigenvalue weighted by atomic mass is 32.1. The molecule has 9 heteroatoms. The number of nitrogens with zero attached hydrogens (tertiary/aromatic N) is 6. The third kappa shape index (κ3) is 3.03. The molecule has 3 heterocycles. The summed E-state index contributed by atoms with van der Waals surface area (Å²) in [7, 11) is 1.87. The maximum atomic E-state index is 12.3. The minimum absolute atomic E-state index is 0.0608. The molecule has 1 N–H and O–H groups in total. The molecular weight excluding hydrogens is 302 g/mol. The predicted octanol–water partition coefficient (Wildman–Crippen LogP) is 0.864. The summed E-state index contributed by atoms with van der Waals surface area (Å²) in [6.45, 7) is 4.90. The first-order chi connectivity index (χ1) is 10.6. The van der Waals surface area contributed by atoms with Gasteiger partial charge in [-0.1, -0.05) is 0 Å². The van der Waals surface area contributed by atoms with Crippen molar-refractivity contribution in [1.82, 2.24) is 30.0 Å². The molecule has 0 unspecified atom stereocenters. The van der Waals surface area contributed by atoms with Crippen LogP contribution >= 0.6 is 11.3 Å². The average Bonchev–Trinajstić information content (AvgIpc) is 3.18. The Morgan fingerprint density at radius 3 is 2.73 bits per heavy atom. The predicted molar refractivity (Wildman–Crippen MR) is 83.8 cm³/mol. The van der Waals surface area contributed by atoms with Gasteiger partial charge in [-0.15, -0.1) is 21.5 Å². The summed E-state index contributed by atoms with van der Waals surface area (Å²) < 4.78 is 1.81. The number of rotatable bonds is 3. The van der Waals surface area contributed by atoms with Crippen molar-refractivity contribution in [1.29, 1.82) is 0 Å². The minimum atomic E-state index is -0.169. The van der Waals surface area contributed by atoms with Crippen LogP contribution in [0.2, 0.25) is 0 Å². The molecule has 2 aromatic rings. The molecule has 118 valence electrons. The number of hydrogen-bond acceptors (Lipinski definition) is 6. The van der Waals surface area contributed by atoms with Gasteiger partial charge in [0.2, 0.25) is 0 Å². The Hall–Kier alpha value is -2.16. The van der Waals surface area contributed by atoms with Gasteiger partial charge in [0.05, 0.1) is 6.04 Å². The Morgan fingerprint density at radius 2 is 2.14 bits per heavy atom. The fraction of sp³-hybridized carbons (Fsp3) is 0.538. The monoisotopic (exact) mass is 321 g/mol. The van der Waals surface area contributed by atoms with Gasteiger partial charge in [0, 0.05) is 44.8 Å². The lowest BCUT2D eigenvalue weighted by molar-refractivity contribution is 0.190. The van der Waals surface area contributed by atoms with Gasteiger partial charge in [-0.2, -0.15) is 0 Å². The van der Waals surface area contributed by atoms with Crippen molar-refractivity contribution >= 4 is 22.5 Å². The molecule has 8 nitrogen and oxygen atoms in total. The number of urea groups is 1. The van der Waals surface area contributed by atoms with Crippen molar-refractivity contribution in [2.45, 2.75) is 13.0 Å². The first-order valence-electron chi connectivity index (χ1n) is 7.19. The summed E-state index contributed by atoms with van der Waals surface area (Å²) in [5.41, 5.74) is 0. The number of thiazole rings is 1. The molecule has 0 bridgehead atoms. The van der Waals surface area contributed by atoms with Crippen LogP contribution in [0.4, 0.5) is 9.93 Å². The number of hydrogen-bond donors (Lipinski definition) is 1. The van der Waals surface area contributed by atoms with Crippen molar-refractivity contribution in [2.24, 2.45) is 7.05 Å². The summed E-state index contributed by atoms with van der Waals surface area (Å²) in [5, 5.41) is 13.8. The summed E-state index contributed by atoms with van der Waals surface area (Å²) in [6.07, 6.45) is 3.44. The summed E-state index contributed by atoms with van der Waals surface area (Å²) in [4.78, 5) is 20.7. The third-order valence-corrected chi connectivity index (χ3v) is 4.56. The van der Waals surface area contributed by atoms with Gasteiger partial charge in [-0.25, -0.2) is 9.78 Å².